The number of rotatable bonds is 17. The SMILES string of the molecule is CCCCCCCCCCCCOC(C)C(NC(C)OC)c1ccccc1. The molecule has 0 aromatic heterocycles. The minimum atomic E-state index is -0.00131. The van der Waals surface area contributed by atoms with Gasteiger partial charge < -0.3 is 9.47 Å². The maximum absolute atomic E-state index is 6.16. The first-order valence-corrected chi connectivity index (χ1v) is 11.1. The van der Waals surface area contributed by atoms with E-state index in [0.717, 1.165) is 13.0 Å². The van der Waals surface area contributed by atoms with E-state index in [0.29, 0.717) is 0 Å². The van der Waals surface area contributed by atoms with E-state index in [4.69, 9.17) is 9.47 Å². The lowest BCUT2D eigenvalue weighted by molar-refractivity contribution is 0.00622. The summed E-state index contributed by atoms with van der Waals surface area (Å²) in [5.41, 5.74) is 1.25. The van der Waals surface area contributed by atoms with Crippen LogP contribution in [0.25, 0.3) is 0 Å². The number of hydrogen-bond acceptors (Lipinski definition) is 3. The molecule has 3 heteroatoms. The van der Waals surface area contributed by atoms with Crippen LogP contribution in [-0.2, 0) is 9.47 Å². The van der Waals surface area contributed by atoms with E-state index in [9.17, 15) is 0 Å². The second kappa shape index (κ2) is 16.1. The molecule has 1 N–H and O–H groups in total. The summed E-state index contributed by atoms with van der Waals surface area (Å²) in [6.45, 7) is 7.30. The topological polar surface area (TPSA) is 30.5 Å². The number of methoxy groups -OCH3 is 1. The predicted molar refractivity (Wildman–Crippen MR) is 116 cm³/mol. The highest BCUT2D eigenvalue weighted by Crippen LogP contribution is 2.20. The number of ether oxygens (including phenoxy) is 2. The van der Waals surface area contributed by atoms with Crippen LogP contribution in [0.2, 0.25) is 0 Å². The summed E-state index contributed by atoms with van der Waals surface area (Å²) in [6, 6.07) is 10.7. The molecule has 3 unspecified atom stereocenters. The molecule has 0 spiro atoms. The molecule has 0 aliphatic rings. The van der Waals surface area contributed by atoms with E-state index < -0.39 is 0 Å². The molecule has 0 aliphatic carbocycles. The molecule has 27 heavy (non-hydrogen) atoms. The summed E-state index contributed by atoms with van der Waals surface area (Å²) in [5, 5.41) is 3.53. The van der Waals surface area contributed by atoms with Crippen LogP contribution in [-0.4, -0.2) is 26.0 Å². The Bertz CT molecular complexity index is 437. The van der Waals surface area contributed by atoms with Gasteiger partial charge >= 0.3 is 0 Å². The third-order valence-electron chi connectivity index (χ3n) is 5.27. The Kier molecular flexibility index (Phi) is 14.4. The summed E-state index contributed by atoms with van der Waals surface area (Å²) in [5.74, 6) is 0. The van der Waals surface area contributed by atoms with Gasteiger partial charge in [0, 0.05) is 13.7 Å². The Morgan fingerprint density at radius 2 is 1.37 bits per heavy atom. The monoisotopic (exact) mass is 377 g/mol. The number of benzene rings is 1. The van der Waals surface area contributed by atoms with Gasteiger partial charge in [0.15, 0.2) is 0 Å². The van der Waals surface area contributed by atoms with Gasteiger partial charge in [-0.1, -0.05) is 95.0 Å². The first kappa shape index (κ1) is 24.1. The third kappa shape index (κ3) is 11.5. The van der Waals surface area contributed by atoms with Crippen LogP contribution >= 0.6 is 0 Å². The second-order valence-electron chi connectivity index (χ2n) is 7.69. The average Bonchev–Trinajstić information content (AvgIpc) is 2.70. The van der Waals surface area contributed by atoms with Crippen LogP contribution in [0.15, 0.2) is 30.3 Å². The molecule has 0 amide bonds. The van der Waals surface area contributed by atoms with Crippen LogP contribution < -0.4 is 5.32 Å². The van der Waals surface area contributed by atoms with Crippen molar-refractivity contribution in [1.82, 2.24) is 5.32 Å². The largest absolute Gasteiger partial charge is 0.377 e. The molecule has 0 saturated heterocycles. The van der Waals surface area contributed by atoms with Crippen molar-refractivity contribution >= 4 is 0 Å². The van der Waals surface area contributed by atoms with Crippen LogP contribution in [0, 0.1) is 0 Å². The Morgan fingerprint density at radius 3 is 1.93 bits per heavy atom. The van der Waals surface area contributed by atoms with Crippen LogP contribution in [0.5, 0.6) is 0 Å². The number of hydrogen-bond donors (Lipinski definition) is 1. The van der Waals surface area contributed by atoms with Crippen LogP contribution in [0.4, 0.5) is 0 Å². The zero-order chi connectivity index (χ0) is 19.7. The molecule has 0 fully saturated rings. The van der Waals surface area contributed by atoms with Crippen molar-refractivity contribution in [2.45, 2.75) is 103 Å². The van der Waals surface area contributed by atoms with E-state index in [1.54, 1.807) is 7.11 Å². The fourth-order valence-electron chi connectivity index (χ4n) is 3.44. The first-order chi connectivity index (χ1) is 13.2. The molecule has 156 valence electrons. The maximum atomic E-state index is 6.16. The summed E-state index contributed by atoms with van der Waals surface area (Å²) in [7, 11) is 1.73. The normalized spacial score (nSPS) is 14.8. The molecular formula is C24H43NO2. The van der Waals surface area contributed by atoms with Gasteiger partial charge in [0.05, 0.1) is 12.1 Å². The van der Waals surface area contributed by atoms with Crippen molar-refractivity contribution in [3.8, 4) is 0 Å². The van der Waals surface area contributed by atoms with Crippen molar-refractivity contribution in [1.29, 1.82) is 0 Å². The fourth-order valence-corrected chi connectivity index (χ4v) is 3.44. The molecule has 0 bridgehead atoms. The lowest BCUT2D eigenvalue weighted by Crippen LogP contribution is -2.38. The number of nitrogens with one attached hydrogen (secondary N) is 1. The summed E-state index contributed by atoms with van der Waals surface area (Å²) < 4.78 is 11.6. The quantitative estimate of drug-likeness (QED) is 0.244. The summed E-state index contributed by atoms with van der Waals surface area (Å²) >= 11 is 0. The van der Waals surface area contributed by atoms with Gasteiger partial charge in [-0.15, -0.1) is 0 Å². The van der Waals surface area contributed by atoms with Gasteiger partial charge in [-0.3, -0.25) is 5.32 Å². The Balaban J connectivity index is 2.19. The molecule has 0 heterocycles. The van der Waals surface area contributed by atoms with E-state index in [1.807, 2.05) is 6.92 Å². The highest BCUT2D eigenvalue weighted by atomic mass is 16.5. The molecule has 1 aromatic rings. The molecule has 3 nitrogen and oxygen atoms in total. The zero-order valence-electron chi connectivity index (χ0n) is 18.2. The lowest BCUT2D eigenvalue weighted by atomic mass is 10.0. The first-order valence-electron chi connectivity index (χ1n) is 11.1. The van der Waals surface area contributed by atoms with Crippen molar-refractivity contribution in [2.75, 3.05) is 13.7 Å². The second-order valence-corrected chi connectivity index (χ2v) is 7.69. The smallest absolute Gasteiger partial charge is 0.105 e. The van der Waals surface area contributed by atoms with E-state index in [-0.39, 0.29) is 18.4 Å². The zero-order valence-corrected chi connectivity index (χ0v) is 18.2. The highest BCUT2D eigenvalue weighted by molar-refractivity contribution is 5.20. The van der Waals surface area contributed by atoms with Crippen LogP contribution in [0.3, 0.4) is 0 Å². The van der Waals surface area contributed by atoms with Gasteiger partial charge in [-0.25, -0.2) is 0 Å². The minimum absolute atomic E-state index is 0.00131. The standard InChI is InChI=1S/C24H43NO2/c1-5-6-7-8-9-10-11-12-13-17-20-27-21(2)24(25-22(3)26-4)23-18-15-14-16-19-23/h14-16,18-19,21-22,24-25H,5-13,17,20H2,1-4H3. The Labute approximate surface area is 168 Å². The highest BCUT2D eigenvalue weighted by Gasteiger charge is 2.21. The van der Waals surface area contributed by atoms with Crippen molar-refractivity contribution in [3.63, 3.8) is 0 Å². The van der Waals surface area contributed by atoms with E-state index in [2.05, 4.69) is 49.5 Å². The Hall–Kier alpha value is -0.900. The van der Waals surface area contributed by atoms with E-state index >= 15 is 0 Å². The molecule has 1 rings (SSSR count). The summed E-state index contributed by atoms with van der Waals surface area (Å²) in [4.78, 5) is 0. The van der Waals surface area contributed by atoms with Gasteiger partial charge in [0.2, 0.25) is 0 Å². The average molecular weight is 378 g/mol. The lowest BCUT2D eigenvalue weighted by Gasteiger charge is -2.28. The molecular weight excluding hydrogens is 334 g/mol. The van der Waals surface area contributed by atoms with Crippen molar-refractivity contribution < 1.29 is 9.47 Å². The molecule has 0 saturated carbocycles. The minimum Gasteiger partial charge on any atom is -0.377 e. The van der Waals surface area contributed by atoms with Gasteiger partial charge in [-0.05, 0) is 25.8 Å². The van der Waals surface area contributed by atoms with Crippen molar-refractivity contribution in [3.05, 3.63) is 35.9 Å². The van der Waals surface area contributed by atoms with Crippen LogP contribution in [0.1, 0.15) is 96.6 Å². The number of unbranched alkanes of at least 4 members (excludes halogenated alkanes) is 9. The molecule has 0 aliphatic heterocycles. The van der Waals surface area contributed by atoms with E-state index in [1.165, 1.54) is 63.4 Å². The Morgan fingerprint density at radius 1 is 0.815 bits per heavy atom. The fraction of sp³-hybridized carbons (Fsp3) is 0.750. The summed E-state index contributed by atoms with van der Waals surface area (Å²) in [6.07, 6.45) is 13.6. The maximum Gasteiger partial charge on any atom is 0.105 e. The third-order valence-corrected chi connectivity index (χ3v) is 5.27. The van der Waals surface area contributed by atoms with Gasteiger partial charge in [0.1, 0.15) is 6.23 Å². The molecule has 3 atom stereocenters. The molecule has 1 aromatic carbocycles. The van der Waals surface area contributed by atoms with Gasteiger partial charge in [0.25, 0.3) is 0 Å². The molecule has 0 radical (unpaired) electrons. The van der Waals surface area contributed by atoms with Gasteiger partial charge in [-0.2, -0.15) is 0 Å². The van der Waals surface area contributed by atoms with Crippen molar-refractivity contribution in [2.24, 2.45) is 0 Å². The predicted octanol–water partition coefficient (Wildman–Crippen LogP) is 6.64.